The Labute approximate surface area is 206 Å². The van der Waals surface area contributed by atoms with Crippen molar-refractivity contribution in [3.63, 3.8) is 0 Å². The number of hydrogen-bond donors (Lipinski definition) is 1. The number of aromatic nitrogens is 2. The molecule has 0 radical (unpaired) electrons. The molecule has 1 saturated heterocycles. The maximum Gasteiger partial charge on any atom is 0.342 e. The lowest BCUT2D eigenvalue weighted by atomic mass is 10.1. The first kappa shape index (κ1) is 26.1. The first-order valence-corrected chi connectivity index (χ1v) is 12.2. The van der Waals surface area contributed by atoms with Crippen molar-refractivity contribution in [3.8, 4) is 0 Å². The van der Waals surface area contributed by atoms with E-state index in [1.807, 2.05) is 45.9 Å². The molecule has 1 atom stereocenters. The number of nitrogens with zero attached hydrogens (tertiary/aromatic N) is 4. The predicted molar refractivity (Wildman–Crippen MR) is 134 cm³/mol. The van der Waals surface area contributed by atoms with Gasteiger partial charge in [0, 0.05) is 31.4 Å². The van der Waals surface area contributed by atoms with Gasteiger partial charge in [0.15, 0.2) is 0 Å². The van der Waals surface area contributed by atoms with Crippen LogP contribution in [-0.2, 0) is 11.2 Å². The molecule has 1 N–H and O–H groups in total. The summed E-state index contributed by atoms with van der Waals surface area (Å²) in [5, 5.41) is 3.00. The van der Waals surface area contributed by atoms with Gasteiger partial charge in [0.05, 0.1) is 12.3 Å². The van der Waals surface area contributed by atoms with E-state index in [2.05, 4.69) is 15.3 Å². The summed E-state index contributed by atoms with van der Waals surface area (Å²) < 4.78 is 5.23. The van der Waals surface area contributed by atoms with Gasteiger partial charge in [-0.3, -0.25) is 4.79 Å². The van der Waals surface area contributed by atoms with Crippen molar-refractivity contribution in [2.45, 2.75) is 60.4 Å². The smallest absolute Gasteiger partial charge is 0.342 e. The van der Waals surface area contributed by atoms with Crippen molar-refractivity contribution in [2.75, 3.05) is 31.6 Å². The van der Waals surface area contributed by atoms with Gasteiger partial charge in [-0.05, 0) is 58.2 Å². The largest absolute Gasteiger partial charge is 0.462 e. The van der Waals surface area contributed by atoms with Crippen molar-refractivity contribution in [3.05, 3.63) is 52.1 Å². The van der Waals surface area contributed by atoms with Gasteiger partial charge in [-0.2, -0.15) is 0 Å². The second-order valence-corrected chi connectivity index (χ2v) is 8.88. The third kappa shape index (κ3) is 5.78. The number of urea groups is 1. The monoisotopic (exact) mass is 481 g/mol. The Balaban J connectivity index is 1.80. The van der Waals surface area contributed by atoms with Crippen LogP contribution in [0.4, 0.5) is 10.5 Å². The summed E-state index contributed by atoms with van der Waals surface area (Å²) >= 11 is 0. The molecule has 1 aliphatic rings. The molecule has 188 valence electrons. The van der Waals surface area contributed by atoms with Crippen molar-refractivity contribution in [1.82, 2.24) is 19.8 Å². The number of hydrogen-bond acceptors (Lipinski definition) is 6. The highest BCUT2D eigenvalue weighted by molar-refractivity contribution is 6.04. The SMILES string of the molecule is CCCc1nc(C)nc(C(=O)N2CCN(C(=O)Nc3cccc(C)c3C)C(C)C2)c1C(=O)OCC. The fraction of sp³-hybridized carbons (Fsp3) is 0.500. The van der Waals surface area contributed by atoms with E-state index in [-0.39, 0.29) is 35.8 Å². The van der Waals surface area contributed by atoms with Gasteiger partial charge in [0.2, 0.25) is 0 Å². The predicted octanol–water partition coefficient (Wildman–Crippen LogP) is 3.91. The molecule has 0 spiro atoms. The Kier molecular flexibility index (Phi) is 8.43. The van der Waals surface area contributed by atoms with Crippen LogP contribution in [0.15, 0.2) is 18.2 Å². The standard InChI is InChI=1S/C26H35N5O4/c1-7-10-21-22(25(33)35-8-2)23(28-19(6)27-21)24(32)30-13-14-31(17(4)15-30)26(34)29-20-12-9-11-16(3)18(20)5/h9,11-12,17H,7-8,10,13-15H2,1-6H3,(H,29,34). The van der Waals surface area contributed by atoms with Crippen molar-refractivity contribution < 1.29 is 19.1 Å². The average Bonchev–Trinajstić information content (AvgIpc) is 2.81. The van der Waals surface area contributed by atoms with E-state index in [9.17, 15) is 14.4 Å². The zero-order valence-electron chi connectivity index (χ0n) is 21.5. The molecule has 2 heterocycles. The summed E-state index contributed by atoms with van der Waals surface area (Å²) in [4.78, 5) is 51.4. The molecule has 1 aromatic carbocycles. The zero-order valence-corrected chi connectivity index (χ0v) is 21.5. The maximum atomic E-state index is 13.5. The van der Waals surface area contributed by atoms with Crippen LogP contribution < -0.4 is 5.32 Å². The Morgan fingerprint density at radius 2 is 1.86 bits per heavy atom. The molecule has 35 heavy (non-hydrogen) atoms. The number of carbonyl (C=O) groups is 3. The number of carbonyl (C=O) groups excluding carboxylic acids is 3. The molecule has 1 aromatic heterocycles. The zero-order chi connectivity index (χ0) is 25.7. The van der Waals surface area contributed by atoms with Crippen LogP contribution in [0.25, 0.3) is 0 Å². The van der Waals surface area contributed by atoms with Crippen molar-refractivity contribution >= 4 is 23.6 Å². The summed E-state index contributed by atoms with van der Waals surface area (Å²) in [6.07, 6.45) is 1.31. The van der Waals surface area contributed by atoms with Gasteiger partial charge in [-0.1, -0.05) is 25.5 Å². The Bertz CT molecular complexity index is 1120. The summed E-state index contributed by atoms with van der Waals surface area (Å²) in [7, 11) is 0. The molecule has 3 rings (SSSR count). The first-order chi connectivity index (χ1) is 16.7. The lowest BCUT2D eigenvalue weighted by Crippen LogP contribution is -2.56. The van der Waals surface area contributed by atoms with Crippen LogP contribution >= 0.6 is 0 Å². The molecular weight excluding hydrogens is 446 g/mol. The summed E-state index contributed by atoms with van der Waals surface area (Å²) in [5.74, 6) is -0.499. The van der Waals surface area contributed by atoms with E-state index in [4.69, 9.17) is 4.74 Å². The van der Waals surface area contributed by atoms with E-state index < -0.39 is 5.97 Å². The van der Waals surface area contributed by atoms with E-state index in [0.29, 0.717) is 37.6 Å². The van der Waals surface area contributed by atoms with Crippen LogP contribution in [0.2, 0.25) is 0 Å². The number of amides is 3. The van der Waals surface area contributed by atoms with Gasteiger partial charge in [-0.25, -0.2) is 19.6 Å². The molecule has 0 bridgehead atoms. The van der Waals surface area contributed by atoms with Crippen molar-refractivity contribution in [1.29, 1.82) is 0 Å². The highest BCUT2D eigenvalue weighted by Gasteiger charge is 2.34. The number of piperazine rings is 1. The van der Waals surface area contributed by atoms with Gasteiger partial charge in [-0.15, -0.1) is 0 Å². The number of nitrogens with one attached hydrogen (secondary N) is 1. The normalized spacial score (nSPS) is 15.7. The van der Waals surface area contributed by atoms with E-state index in [0.717, 1.165) is 23.2 Å². The molecule has 0 saturated carbocycles. The van der Waals surface area contributed by atoms with Gasteiger partial charge in [0.1, 0.15) is 17.1 Å². The number of esters is 1. The Morgan fingerprint density at radius 3 is 2.51 bits per heavy atom. The Morgan fingerprint density at radius 1 is 1.11 bits per heavy atom. The van der Waals surface area contributed by atoms with Gasteiger partial charge < -0.3 is 19.9 Å². The van der Waals surface area contributed by atoms with Gasteiger partial charge >= 0.3 is 12.0 Å². The van der Waals surface area contributed by atoms with Gasteiger partial charge in [0.25, 0.3) is 5.91 Å². The highest BCUT2D eigenvalue weighted by atomic mass is 16.5. The molecule has 9 heteroatoms. The molecule has 0 aliphatic carbocycles. The summed E-state index contributed by atoms with van der Waals surface area (Å²) in [6.45, 7) is 12.5. The minimum absolute atomic E-state index is 0.0693. The summed E-state index contributed by atoms with van der Waals surface area (Å²) in [6, 6.07) is 5.38. The topological polar surface area (TPSA) is 105 Å². The molecule has 9 nitrogen and oxygen atoms in total. The summed E-state index contributed by atoms with van der Waals surface area (Å²) in [5.41, 5.74) is 3.65. The fourth-order valence-corrected chi connectivity index (χ4v) is 4.29. The fourth-order valence-electron chi connectivity index (χ4n) is 4.29. The molecule has 2 aromatic rings. The van der Waals surface area contributed by atoms with Crippen LogP contribution in [-0.4, -0.2) is 70.0 Å². The third-order valence-corrected chi connectivity index (χ3v) is 6.29. The van der Waals surface area contributed by atoms with E-state index in [1.165, 1.54) is 0 Å². The molecule has 3 amide bonds. The van der Waals surface area contributed by atoms with E-state index >= 15 is 0 Å². The molecule has 1 unspecified atom stereocenters. The lowest BCUT2D eigenvalue weighted by molar-refractivity contribution is 0.0502. The third-order valence-electron chi connectivity index (χ3n) is 6.29. The van der Waals surface area contributed by atoms with Crippen LogP contribution in [0.3, 0.4) is 0 Å². The quantitative estimate of drug-likeness (QED) is 0.627. The maximum absolute atomic E-state index is 13.5. The second-order valence-electron chi connectivity index (χ2n) is 8.88. The van der Waals surface area contributed by atoms with E-state index in [1.54, 1.807) is 23.6 Å². The number of rotatable bonds is 6. The number of benzene rings is 1. The molecule has 1 aliphatic heterocycles. The van der Waals surface area contributed by atoms with Crippen molar-refractivity contribution in [2.24, 2.45) is 0 Å². The lowest BCUT2D eigenvalue weighted by Gasteiger charge is -2.39. The number of ether oxygens (including phenoxy) is 1. The highest BCUT2D eigenvalue weighted by Crippen LogP contribution is 2.22. The number of aryl methyl sites for hydroxylation is 3. The first-order valence-electron chi connectivity index (χ1n) is 12.2. The van der Waals surface area contributed by atoms with Crippen LogP contribution in [0.5, 0.6) is 0 Å². The van der Waals surface area contributed by atoms with Crippen LogP contribution in [0.1, 0.15) is 70.7 Å². The minimum atomic E-state index is -0.584. The average molecular weight is 482 g/mol. The second kappa shape index (κ2) is 11.3. The Hall–Kier alpha value is -3.49. The molecule has 1 fully saturated rings. The minimum Gasteiger partial charge on any atom is -0.462 e. The molecular formula is C26H35N5O4. The van der Waals surface area contributed by atoms with Crippen LogP contribution in [0, 0.1) is 20.8 Å². The number of anilines is 1.